The number of aromatic nitrogens is 1. The van der Waals surface area contributed by atoms with Crippen molar-refractivity contribution in [2.75, 3.05) is 23.3 Å². The average molecular weight is 411 g/mol. The first-order chi connectivity index (χ1) is 14.1. The lowest BCUT2D eigenvalue weighted by atomic mass is 9.87. The van der Waals surface area contributed by atoms with E-state index >= 15 is 0 Å². The highest BCUT2D eigenvalue weighted by Gasteiger charge is 2.21. The van der Waals surface area contributed by atoms with Gasteiger partial charge in [-0.25, -0.2) is 4.98 Å². The van der Waals surface area contributed by atoms with Crippen LogP contribution in [-0.2, 0) is 4.79 Å². The molecule has 152 valence electrons. The lowest BCUT2D eigenvalue weighted by Gasteiger charge is -2.30. The summed E-state index contributed by atoms with van der Waals surface area (Å²) in [6.45, 7) is 1.69. The number of carbonyl (C=O) groups is 1. The lowest BCUT2D eigenvalue weighted by Crippen LogP contribution is -2.33. The molecule has 1 saturated heterocycles. The minimum Gasteiger partial charge on any atom is -0.357 e. The number of halogens is 1. The van der Waals surface area contributed by atoms with Gasteiger partial charge in [0, 0.05) is 30.8 Å². The van der Waals surface area contributed by atoms with Gasteiger partial charge in [0.2, 0.25) is 5.91 Å². The van der Waals surface area contributed by atoms with Crippen molar-refractivity contribution in [2.24, 2.45) is 11.8 Å². The van der Waals surface area contributed by atoms with Gasteiger partial charge in [0.15, 0.2) is 0 Å². The van der Waals surface area contributed by atoms with Crippen LogP contribution in [0.15, 0.2) is 24.3 Å². The molecule has 0 radical (unpaired) electrons. The monoisotopic (exact) mass is 410 g/mol. The number of carbonyl (C=O) groups excluding carboxylic acids is 1. The van der Waals surface area contributed by atoms with E-state index in [9.17, 15) is 4.79 Å². The van der Waals surface area contributed by atoms with Gasteiger partial charge in [0.1, 0.15) is 5.82 Å². The molecule has 0 atom stereocenters. The summed E-state index contributed by atoms with van der Waals surface area (Å²) < 4.78 is 0. The molecule has 1 aliphatic carbocycles. The van der Waals surface area contributed by atoms with E-state index in [2.05, 4.69) is 16.3 Å². The predicted molar refractivity (Wildman–Crippen MR) is 117 cm³/mol. The van der Waals surface area contributed by atoms with Crippen LogP contribution in [-0.4, -0.2) is 24.0 Å². The fraction of sp³-hybridized carbons (Fsp3) is 0.522. The molecule has 0 spiro atoms. The number of nitrogens with zero attached hydrogens (tertiary/aromatic N) is 3. The lowest BCUT2D eigenvalue weighted by molar-refractivity contribution is -0.117. The Bertz CT molecular complexity index is 924. The zero-order chi connectivity index (χ0) is 20.2. The number of hydrogen-bond acceptors (Lipinski definition) is 4. The Kier molecular flexibility index (Phi) is 6.20. The molecule has 6 heteroatoms. The average Bonchev–Trinajstić information content (AvgIpc) is 2.76. The molecule has 1 saturated carbocycles. The van der Waals surface area contributed by atoms with Crippen LogP contribution in [0.3, 0.4) is 0 Å². The number of nitriles is 1. The highest BCUT2D eigenvalue weighted by Crippen LogP contribution is 2.33. The summed E-state index contributed by atoms with van der Waals surface area (Å²) >= 11 is 6.43. The van der Waals surface area contributed by atoms with Crippen molar-refractivity contribution in [3.8, 4) is 6.07 Å². The molecule has 5 nitrogen and oxygen atoms in total. The van der Waals surface area contributed by atoms with Crippen LogP contribution in [0.4, 0.5) is 11.5 Å². The Labute approximate surface area is 177 Å². The summed E-state index contributed by atoms with van der Waals surface area (Å²) in [4.78, 5) is 19.7. The van der Waals surface area contributed by atoms with E-state index in [4.69, 9.17) is 21.8 Å². The maximum absolute atomic E-state index is 12.6. The number of piperidine rings is 1. The summed E-state index contributed by atoms with van der Waals surface area (Å²) in [6.07, 6.45) is 8.34. The van der Waals surface area contributed by atoms with Crippen LogP contribution < -0.4 is 10.2 Å². The van der Waals surface area contributed by atoms with Gasteiger partial charge in [-0.2, -0.15) is 5.26 Å². The van der Waals surface area contributed by atoms with E-state index in [0.717, 1.165) is 55.5 Å². The molecule has 2 heterocycles. The number of nitrogens with one attached hydrogen (secondary N) is 1. The molecule has 29 heavy (non-hydrogen) atoms. The van der Waals surface area contributed by atoms with Gasteiger partial charge in [0.05, 0.1) is 22.3 Å². The molecule has 0 bridgehead atoms. The van der Waals surface area contributed by atoms with Crippen LogP contribution in [0.25, 0.3) is 10.9 Å². The smallest absolute Gasteiger partial charge is 0.224 e. The molecule has 1 amide bonds. The first-order valence-corrected chi connectivity index (χ1v) is 11.1. The zero-order valence-corrected chi connectivity index (χ0v) is 17.4. The Hall–Kier alpha value is -2.32. The van der Waals surface area contributed by atoms with Crippen LogP contribution in [0.2, 0.25) is 5.02 Å². The normalized spacial score (nSPS) is 18.6. The van der Waals surface area contributed by atoms with E-state index in [1.165, 1.54) is 19.3 Å². The number of rotatable bonds is 4. The summed E-state index contributed by atoms with van der Waals surface area (Å²) in [7, 11) is 0. The largest absolute Gasteiger partial charge is 0.357 e. The van der Waals surface area contributed by atoms with Crippen molar-refractivity contribution in [2.45, 2.75) is 51.4 Å². The van der Waals surface area contributed by atoms with Crippen molar-refractivity contribution >= 4 is 39.9 Å². The Morgan fingerprint density at radius 1 is 1.14 bits per heavy atom. The topological polar surface area (TPSA) is 69.0 Å². The molecule has 1 aliphatic heterocycles. The number of hydrogen-bond donors (Lipinski definition) is 1. The Morgan fingerprint density at radius 2 is 1.90 bits per heavy atom. The third-order valence-corrected chi connectivity index (χ3v) is 6.59. The van der Waals surface area contributed by atoms with E-state index < -0.39 is 0 Å². The fourth-order valence-corrected chi connectivity index (χ4v) is 4.76. The summed E-state index contributed by atoms with van der Waals surface area (Å²) in [5.41, 5.74) is 1.48. The molecule has 1 aromatic heterocycles. The highest BCUT2D eigenvalue weighted by molar-refractivity contribution is 6.35. The third kappa shape index (κ3) is 4.64. The summed E-state index contributed by atoms with van der Waals surface area (Å²) in [6, 6.07) is 10.1. The van der Waals surface area contributed by atoms with Crippen molar-refractivity contribution in [1.82, 2.24) is 4.98 Å². The van der Waals surface area contributed by atoms with Gasteiger partial charge in [-0.3, -0.25) is 4.79 Å². The second-order valence-electron chi connectivity index (χ2n) is 8.31. The van der Waals surface area contributed by atoms with Crippen LogP contribution in [0.1, 0.15) is 51.4 Å². The van der Waals surface area contributed by atoms with E-state index in [1.54, 1.807) is 6.07 Å². The molecule has 0 unspecified atom stereocenters. The maximum Gasteiger partial charge on any atom is 0.224 e. The minimum atomic E-state index is 0.0361. The molecule has 2 aromatic rings. The fourth-order valence-electron chi connectivity index (χ4n) is 4.55. The van der Waals surface area contributed by atoms with Crippen LogP contribution in [0.5, 0.6) is 0 Å². The molecular formula is C23H27ClN4O. The van der Waals surface area contributed by atoms with Crippen molar-refractivity contribution in [3.05, 3.63) is 29.3 Å². The second-order valence-corrected chi connectivity index (χ2v) is 8.71. The number of anilines is 2. The SMILES string of the molecule is N#CC1CCN(c2ccc3c(NC(=O)CC4CCCCC4)c(Cl)ccc3n2)CC1. The van der Waals surface area contributed by atoms with Gasteiger partial charge < -0.3 is 10.2 Å². The van der Waals surface area contributed by atoms with Crippen LogP contribution in [0, 0.1) is 23.2 Å². The quantitative estimate of drug-likeness (QED) is 0.718. The third-order valence-electron chi connectivity index (χ3n) is 6.27. The number of benzene rings is 1. The zero-order valence-electron chi connectivity index (χ0n) is 16.7. The molecule has 1 aromatic carbocycles. The van der Waals surface area contributed by atoms with Gasteiger partial charge in [0.25, 0.3) is 0 Å². The Balaban J connectivity index is 1.51. The van der Waals surface area contributed by atoms with Gasteiger partial charge in [-0.05, 0) is 55.9 Å². The number of amides is 1. The summed E-state index contributed by atoms with van der Waals surface area (Å²) in [5, 5.41) is 13.5. The number of fused-ring (bicyclic) bond motifs is 1. The first-order valence-electron chi connectivity index (χ1n) is 10.7. The van der Waals surface area contributed by atoms with Crippen molar-refractivity contribution in [3.63, 3.8) is 0 Å². The van der Waals surface area contributed by atoms with Gasteiger partial charge in [-0.1, -0.05) is 30.9 Å². The minimum absolute atomic E-state index is 0.0361. The molecule has 4 rings (SSSR count). The maximum atomic E-state index is 12.6. The molecule has 2 aliphatic rings. The van der Waals surface area contributed by atoms with Gasteiger partial charge >= 0.3 is 0 Å². The van der Waals surface area contributed by atoms with Crippen molar-refractivity contribution < 1.29 is 4.79 Å². The van der Waals surface area contributed by atoms with Crippen LogP contribution >= 0.6 is 11.6 Å². The number of pyridine rings is 1. The summed E-state index contributed by atoms with van der Waals surface area (Å²) in [5.74, 6) is 1.58. The molecule has 2 fully saturated rings. The molecule has 1 N–H and O–H groups in total. The van der Waals surface area contributed by atoms with Gasteiger partial charge in [-0.15, -0.1) is 0 Å². The predicted octanol–water partition coefficient (Wildman–Crippen LogP) is 5.54. The van der Waals surface area contributed by atoms with E-state index in [0.29, 0.717) is 23.0 Å². The first kappa shape index (κ1) is 20.0. The van der Waals surface area contributed by atoms with E-state index in [-0.39, 0.29) is 11.8 Å². The molecular weight excluding hydrogens is 384 g/mol. The standard InChI is InChI=1S/C23H27ClN4O/c24-19-7-8-20-18(23(19)27-22(29)14-16-4-2-1-3-5-16)6-9-21(26-20)28-12-10-17(15-25)11-13-28/h6-9,16-17H,1-5,10-14H2,(H,27,29). The second kappa shape index (κ2) is 9.00. The van der Waals surface area contributed by atoms with Crippen molar-refractivity contribution in [1.29, 1.82) is 5.26 Å². The Morgan fingerprint density at radius 3 is 2.62 bits per heavy atom. The highest BCUT2D eigenvalue weighted by atomic mass is 35.5. The van der Waals surface area contributed by atoms with E-state index in [1.807, 2.05) is 18.2 Å².